The zero-order valence-corrected chi connectivity index (χ0v) is 12.6. The molecule has 0 saturated heterocycles. The molecule has 1 N–H and O–H groups in total. The summed E-state index contributed by atoms with van der Waals surface area (Å²) in [5, 5.41) is 3.25. The van der Waals surface area contributed by atoms with Gasteiger partial charge in [-0.05, 0) is 31.2 Å². The third-order valence-electron chi connectivity index (χ3n) is 3.48. The molecule has 0 aliphatic rings. The maximum absolute atomic E-state index is 12.5. The first-order valence-corrected chi connectivity index (χ1v) is 7.17. The predicted molar refractivity (Wildman–Crippen MR) is 85.1 cm³/mol. The second-order valence-corrected chi connectivity index (χ2v) is 4.98. The third kappa shape index (κ3) is 3.08. The van der Waals surface area contributed by atoms with Crippen LogP contribution < -0.4 is 10.9 Å². The molecule has 0 spiro atoms. The quantitative estimate of drug-likeness (QED) is 0.774. The first-order chi connectivity index (χ1) is 11.2. The second kappa shape index (κ2) is 6.35. The fourth-order valence-electron chi connectivity index (χ4n) is 2.31. The van der Waals surface area contributed by atoms with Crippen molar-refractivity contribution in [1.29, 1.82) is 0 Å². The molecule has 0 saturated carbocycles. The molecule has 3 aromatic heterocycles. The molecule has 0 fully saturated rings. The van der Waals surface area contributed by atoms with Crippen LogP contribution in [0, 0.1) is 6.92 Å². The molecular weight excluding hydrogens is 294 g/mol. The summed E-state index contributed by atoms with van der Waals surface area (Å²) in [6, 6.07) is 6.67. The van der Waals surface area contributed by atoms with Crippen LogP contribution in [0.3, 0.4) is 0 Å². The van der Waals surface area contributed by atoms with Crippen LogP contribution >= 0.6 is 0 Å². The number of hydrogen-bond acceptors (Lipinski definition) is 5. The first kappa shape index (κ1) is 14.8. The van der Waals surface area contributed by atoms with Crippen molar-refractivity contribution in [3.8, 4) is 0 Å². The van der Waals surface area contributed by atoms with E-state index in [0.29, 0.717) is 35.5 Å². The molecule has 7 heteroatoms. The summed E-state index contributed by atoms with van der Waals surface area (Å²) >= 11 is 0. The van der Waals surface area contributed by atoms with Crippen LogP contribution in [0.2, 0.25) is 0 Å². The summed E-state index contributed by atoms with van der Waals surface area (Å²) in [5.41, 5.74) is 0.815. The number of aromatic nitrogens is 4. The lowest BCUT2D eigenvalue weighted by Gasteiger charge is -2.11. The summed E-state index contributed by atoms with van der Waals surface area (Å²) < 4.78 is 1.54. The molecule has 0 aromatic carbocycles. The smallest absolute Gasteiger partial charge is 0.263 e. The Kier molecular flexibility index (Phi) is 4.09. The molecular formula is C16H15N5O2. The Bertz CT molecular complexity index is 905. The molecule has 3 aromatic rings. The van der Waals surface area contributed by atoms with Gasteiger partial charge in [0.05, 0.1) is 5.39 Å². The Hall–Kier alpha value is -3.09. The minimum Gasteiger partial charge on any atom is -0.350 e. The molecule has 0 bridgehead atoms. The largest absolute Gasteiger partial charge is 0.350 e. The van der Waals surface area contributed by atoms with Gasteiger partial charge in [0.2, 0.25) is 0 Å². The standard InChI is InChI=1S/C16H15N5O2/c1-11-20-14-13(3-2-6-18-14)16(23)21(11)10-9-19-15(22)12-4-7-17-8-5-12/h2-8H,9-10H2,1H3,(H,19,22). The van der Waals surface area contributed by atoms with Gasteiger partial charge >= 0.3 is 0 Å². The minimum absolute atomic E-state index is 0.154. The summed E-state index contributed by atoms with van der Waals surface area (Å²) in [4.78, 5) is 36.7. The molecule has 7 nitrogen and oxygen atoms in total. The summed E-state index contributed by atoms with van der Waals surface area (Å²) in [7, 11) is 0. The molecule has 3 heterocycles. The predicted octanol–water partition coefficient (Wildman–Crippen LogP) is 0.925. The van der Waals surface area contributed by atoms with Gasteiger partial charge in [0, 0.05) is 37.2 Å². The molecule has 0 radical (unpaired) electrons. The highest BCUT2D eigenvalue weighted by Crippen LogP contribution is 2.04. The van der Waals surface area contributed by atoms with Gasteiger partial charge in [-0.3, -0.25) is 19.1 Å². The van der Waals surface area contributed by atoms with Crippen LogP contribution in [0.15, 0.2) is 47.7 Å². The summed E-state index contributed by atoms with van der Waals surface area (Å²) in [6.45, 7) is 2.43. The van der Waals surface area contributed by atoms with Gasteiger partial charge in [0.1, 0.15) is 5.82 Å². The number of rotatable bonds is 4. The fourth-order valence-corrected chi connectivity index (χ4v) is 2.31. The molecule has 0 aliphatic heterocycles. The number of carbonyl (C=O) groups is 1. The Balaban J connectivity index is 1.75. The average molecular weight is 309 g/mol. The normalized spacial score (nSPS) is 10.7. The number of hydrogen-bond donors (Lipinski definition) is 1. The van der Waals surface area contributed by atoms with E-state index in [1.54, 1.807) is 49.8 Å². The molecule has 1 amide bonds. The fraction of sp³-hybridized carbons (Fsp3) is 0.188. The molecule has 0 atom stereocenters. The molecule has 23 heavy (non-hydrogen) atoms. The monoisotopic (exact) mass is 309 g/mol. The summed E-state index contributed by atoms with van der Waals surface area (Å²) in [6.07, 6.45) is 4.72. The number of fused-ring (bicyclic) bond motifs is 1. The lowest BCUT2D eigenvalue weighted by Crippen LogP contribution is -2.32. The topological polar surface area (TPSA) is 89.8 Å². The number of nitrogens with zero attached hydrogens (tertiary/aromatic N) is 4. The van der Waals surface area contributed by atoms with Gasteiger partial charge in [-0.1, -0.05) is 0 Å². The molecule has 3 rings (SSSR count). The lowest BCUT2D eigenvalue weighted by molar-refractivity contribution is 0.0952. The van der Waals surface area contributed by atoms with Crippen molar-refractivity contribution in [2.45, 2.75) is 13.5 Å². The van der Waals surface area contributed by atoms with E-state index < -0.39 is 0 Å². The van der Waals surface area contributed by atoms with E-state index in [4.69, 9.17) is 0 Å². The second-order valence-electron chi connectivity index (χ2n) is 4.98. The van der Waals surface area contributed by atoms with Gasteiger partial charge in [0.15, 0.2) is 5.65 Å². The number of amides is 1. The SMILES string of the molecule is Cc1nc2ncccc2c(=O)n1CCNC(=O)c1ccncc1. The minimum atomic E-state index is -0.200. The molecule has 0 aliphatic carbocycles. The zero-order chi connectivity index (χ0) is 16.2. The summed E-state index contributed by atoms with van der Waals surface area (Å²) in [5.74, 6) is 0.368. The zero-order valence-electron chi connectivity index (χ0n) is 12.6. The van der Waals surface area contributed by atoms with E-state index in [-0.39, 0.29) is 11.5 Å². The highest BCUT2D eigenvalue weighted by molar-refractivity contribution is 5.93. The third-order valence-corrected chi connectivity index (χ3v) is 3.48. The number of pyridine rings is 2. The van der Waals surface area contributed by atoms with Gasteiger partial charge in [0.25, 0.3) is 11.5 Å². The Morgan fingerprint density at radius 3 is 2.78 bits per heavy atom. The van der Waals surface area contributed by atoms with Crippen molar-refractivity contribution in [3.05, 3.63) is 64.6 Å². The van der Waals surface area contributed by atoms with E-state index in [1.165, 1.54) is 4.57 Å². The highest BCUT2D eigenvalue weighted by atomic mass is 16.1. The van der Waals surface area contributed by atoms with Gasteiger partial charge < -0.3 is 5.32 Å². The number of nitrogens with one attached hydrogen (secondary N) is 1. The van der Waals surface area contributed by atoms with Crippen molar-refractivity contribution in [1.82, 2.24) is 24.8 Å². The van der Waals surface area contributed by atoms with E-state index in [1.807, 2.05) is 0 Å². The van der Waals surface area contributed by atoms with Crippen LogP contribution in [0.4, 0.5) is 0 Å². The maximum atomic E-state index is 12.5. The average Bonchev–Trinajstić information content (AvgIpc) is 2.58. The molecule has 116 valence electrons. The Labute approximate surface area is 132 Å². The van der Waals surface area contributed by atoms with Crippen LogP contribution in [0.5, 0.6) is 0 Å². The van der Waals surface area contributed by atoms with Gasteiger partial charge in [-0.2, -0.15) is 0 Å². The van der Waals surface area contributed by atoms with Crippen LogP contribution in [0.25, 0.3) is 11.0 Å². The van der Waals surface area contributed by atoms with Crippen molar-refractivity contribution in [2.24, 2.45) is 0 Å². The number of carbonyl (C=O) groups excluding carboxylic acids is 1. The van der Waals surface area contributed by atoms with Crippen molar-refractivity contribution >= 4 is 16.9 Å². The van der Waals surface area contributed by atoms with Crippen molar-refractivity contribution < 1.29 is 4.79 Å². The highest BCUT2D eigenvalue weighted by Gasteiger charge is 2.09. The lowest BCUT2D eigenvalue weighted by atomic mass is 10.2. The molecule has 0 unspecified atom stereocenters. The Morgan fingerprint density at radius 2 is 2.00 bits per heavy atom. The van der Waals surface area contributed by atoms with E-state index in [9.17, 15) is 9.59 Å². The van der Waals surface area contributed by atoms with E-state index >= 15 is 0 Å². The van der Waals surface area contributed by atoms with E-state index in [2.05, 4.69) is 20.3 Å². The van der Waals surface area contributed by atoms with Crippen molar-refractivity contribution in [2.75, 3.05) is 6.54 Å². The van der Waals surface area contributed by atoms with Crippen molar-refractivity contribution in [3.63, 3.8) is 0 Å². The van der Waals surface area contributed by atoms with E-state index in [0.717, 1.165) is 0 Å². The van der Waals surface area contributed by atoms with Gasteiger partial charge in [-0.25, -0.2) is 9.97 Å². The maximum Gasteiger partial charge on any atom is 0.263 e. The van der Waals surface area contributed by atoms with Crippen LogP contribution in [-0.4, -0.2) is 32.0 Å². The van der Waals surface area contributed by atoms with Crippen LogP contribution in [0.1, 0.15) is 16.2 Å². The van der Waals surface area contributed by atoms with Gasteiger partial charge in [-0.15, -0.1) is 0 Å². The Morgan fingerprint density at radius 1 is 1.22 bits per heavy atom. The van der Waals surface area contributed by atoms with Crippen LogP contribution in [-0.2, 0) is 6.54 Å². The number of aryl methyl sites for hydroxylation is 1. The first-order valence-electron chi connectivity index (χ1n) is 7.17.